The number of allylic oxidation sites excluding steroid dienone is 1. The number of hydrogen-bond donors (Lipinski definition) is 3. The molecular weight excluding hydrogens is 615 g/mol. The number of thiophene rings is 1. The Kier molecular flexibility index (Phi) is 7.75. The average molecular weight is 655 g/mol. The lowest BCUT2D eigenvalue weighted by Gasteiger charge is -2.40. The number of aryl methyl sites for hydroxylation is 1. The highest BCUT2D eigenvalue weighted by molar-refractivity contribution is 7.16. The molecular formula is C32H40ClFN8O2S. The fourth-order valence-electron chi connectivity index (χ4n) is 8.13. The number of Topliss-reactive ketones (excluding diaryl/α,β-unsaturated/α-hetero) is 1. The predicted octanol–water partition coefficient (Wildman–Crippen LogP) is 4.09. The Morgan fingerprint density at radius 2 is 2.02 bits per heavy atom. The van der Waals surface area contributed by atoms with Crippen LogP contribution in [0.15, 0.2) is 5.57 Å². The van der Waals surface area contributed by atoms with Gasteiger partial charge in [0.05, 0.1) is 16.7 Å². The van der Waals surface area contributed by atoms with Crippen molar-refractivity contribution in [1.29, 1.82) is 5.26 Å². The Labute approximate surface area is 271 Å². The van der Waals surface area contributed by atoms with E-state index in [9.17, 15) is 14.4 Å². The second kappa shape index (κ2) is 11.4. The van der Waals surface area contributed by atoms with E-state index in [1.165, 1.54) is 11.3 Å². The van der Waals surface area contributed by atoms with Gasteiger partial charge in [0.2, 0.25) is 5.88 Å². The van der Waals surface area contributed by atoms with Crippen molar-refractivity contribution in [2.24, 2.45) is 5.73 Å². The number of anilines is 2. The number of rotatable bonds is 5. The summed E-state index contributed by atoms with van der Waals surface area (Å²) in [6.45, 7) is 4.47. The van der Waals surface area contributed by atoms with Crippen LogP contribution in [0.2, 0.25) is 5.02 Å². The van der Waals surface area contributed by atoms with Crippen molar-refractivity contribution in [3.63, 3.8) is 0 Å². The van der Waals surface area contributed by atoms with Crippen LogP contribution < -0.4 is 26.4 Å². The summed E-state index contributed by atoms with van der Waals surface area (Å²) >= 11 is 8.43. The number of alkyl halides is 1. The van der Waals surface area contributed by atoms with Crippen molar-refractivity contribution in [2.45, 2.75) is 94.0 Å². The minimum absolute atomic E-state index is 0.0545. The Morgan fingerprint density at radius 3 is 2.71 bits per heavy atom. The van der Waals surface area contributed by atoms with Gasteiger partial charge in [0.1, 0.15) is 28.4 Å². The summed E-state index contributed by atoms with van der Waals surface area (Å²) in [4.78, 5) is 29.3. The van der Waals surface area contributed by atoms with Crippen LogP contribution in [0.1, 0.15) is 80.1 Å². The number of hydrogen-bond acceptors (Lipinski definition) is 11. The zero-order chi connectivity index (χ0) is 31.7. The van der Waals surface area contributed by atoms with Gasteiger partial charge in [0.15, 0.2) is 17.4 Å². The zero-order valence-electron chi connectivity index (χ0n) is 25.8. The Morgan fingerprint density at radius 1 is 1.27 bits per heavy atom. The SMILES string of the molecule is C[C@H](Oc1nc(C(N)=C2CCC[C@@]3(CCCc4sc(N)c(C#N)c43)C2=O)nc(N2CCNC3(CC3)C2)c1Cl)[C@@H]1C[C@@H](F)CN1C. The largest absolute Gasteiger partial charge is 0.472 e. The number of nitrogens with one attached hydrogen (secondary N) is 1. The van der Waals surface area contributed by atoms with E-state index in [1.54, 1.807) is 0 Å². The van der Waals surface area contributed by atoms with Gasteiger partial charge < -0.3 is 26.4 Å². The van der Waals surface area contributed by atoms with Crippen molar-refractivity contribution in [3.05, 3.63) is 32.4 Å². The number of piperazine rings is 1. The molecule has 13 heteroatoms. The first-order valence-electron chi connectivity index (χ1n) is 16.0. The standard InChI is InChI=1S/C32H40ClFN8O2S/c1-17(21-13-18(34)15-41(21)2)44-30-24(33)29(42-12-11-38-31(16-42)9-10-31)39-28(40-30)25(36)19-5-3-7-32(26(19)43)8-4-6-22-23(32)20(14-35)27(37)45-22/h17-18,21,38H,3-13,15-16,36-37H2,1-2H3/t17-,18+,21-,32-/m0/s1. The van der Waals surface area contributed by atoms with Crippen LogP contribution in [-0.4, -0.2) is 77.7 Å². The van der Waals surface area contributed by atoms with E-state index >= 15 is 0 Å². The lowest BCUT2D eigenvalue weighted by Crippen LogP contribution is -2.53. The van der Waals surface area contributed by atoms with Crippen LogP contribution in [0.4, 0.5) is 15.2 Å². The third kappa shape index (κ3) is 5.16. The number of nitrogens with zero attached hydrogens (tertiary/aromatic N) is 5. The van der Waals surface area contributed by atoms with Crippen LogP contribution in [0.25, 0.3) is 5.70 Å². The molecule has 2 aromatic heterocycles. The molecule has 0 unspecified atom stereocenters. The summed E-state index contributed by atoms with van der Waals surface area (Å²) in [5, 5.41) is 14.4. The van der Waals surface area contributed by atoms with Crippen LogP contribution >= 0.6 is 22.9 Å². The number of nitrogen functional groups attached to an aromatic ring is 1. The number of carbonyl (C=O) groups is 1. The molecule has 2 aliphatic heterocycles. The minimum atomic E-state index is -0.918. The molecule has 7 rings (SSSR count). The molecule has 0 bridgehead atoms. The predicted molar refractivity (Wildman–Crippen MR) is 173 cm³/mol. The number of carbonyl (C=O) groups excluding carboxylic acids is 1. The molecule has 45 heavy (non-hydrogen) atoms. The summed E-state index contributed by atoms with van der Waals surface area (Å²) in [6, 6.07) is 2.14. The van der Waals surface area contributed by atoms with E-state index < -0.39 is 17.7 Å². The normalized spacial score (nSPS) is 29.5. The van der Waals surface area contributed by atoms with Gasteiger partial charge in [-0.1, -0.05) is 11.6 Å². The van der Waals surface area contributed by atoms with E-state index in [0.717, 1.165) is 55.6 Å². The number of likely N-dealkylation sites (tertiary alicyclic amines) is 1. The maximum Gasteiger partial charge on any atom is 0.238 e. The first kappa shape index (κ1) is 30.7. The molecule has 3 aliphatic carbocycles. The first-order chi connectivity index (χ1) is 21.6. The fraction of sp³-hybridized carbons (Fsp3) is 0.625. The lowest BCUT2D eigenvalue weighted by molar-refractivity contribution is -0.122. The van der Waals surface area contributed by atoms with Crippen LogP contribution in [-0.2, 0) is 16.6 Å². The molecule has 0 aromatic carbocycles. The molecule has 240 valence electrons. The summed E-state index contributed by atoms with van der Waals surface area (Å²) < 4.78 is 20.6. The minimum Gasteiger partial charge on any atom is -0.472 e. The molecule has 0 radical (unpaired) electrons. The molecule has 0 amide bonds. The van der Waals surface area contributed by atoms with E-state index in [1.807, 2.05) is 18.9 Å². The molecule has 10 nitrogen and oxygen atoms in total. The van der Waals surface area contributed by atoms with Crippen LogP contribution in [0.5, 0.6) is 5.88 Å². The highest BCUT2D eigenvalue weighted by Gasteiger charge is 2.50. The molecule has 4 heterocycles. The highest BCUT2D eigenvalue weighted by Crippen LogP contribution is 2.52. The second-order valence-corrected chi connectivity index (χ2v) is 15.1. The van der Waals surface area contributed by atoms with Crippen LogP contribution in [0, 0.1) is 11.3 Å². The fourth-order valence-corrected chi connectivity index (χ4v) is 9.54. The van der Waals surface area contributed by atoms with Crippen molar-refractivity contribution in [2.75, 3.05) is 43.9 Å². The van der Waals surface area contributed by atoms with E-state index in [2.05, 4.69) is 16.3 Å². The van der Waals surface area contributed by atoms with Crippen LogP contribution in [0.3, 0.4) is 0 Å². The summed E-state index contributed by atoms with van der Waals surface area (Å²) in [7, 11) is 1.89. The number of aromatic nitrogens is 2. The van der Waals surface area contributed by atoms with E-state index in [-0.39, 0.29) is 39.8 Å². The van der Waals surface area contributed by atoms with E-state index in [4.69, 9.17) is 37.8 Å². The molecule has 2 saturated carbocycles. The van der Waals surface area contributed by atoms with Gasteiger partial charge >= 0.3 is 0 Å². The number of ketones is 1. The zero-order valence-corrected chi connectivity index (χ0v) is 27.4. The smallest absolute Gasteiger partial charge is 0.238 e. The first-order valence-corrected chi connectivity index (χ1v) is 17.2. The second-order valence-electron chi connectivity index (χ2n) is 13.5. The van der Waals surface area contributed by atoms with Gasteiger partial charge in [-0.05, 0) is 77.3 Å². The highest BCUT2D eigenvalue weighted by atomic mass is 35.5. The molecule has 5 aliphatic rings. The number of fused-ring (bicyclic) bond motifs is 2. The summed E-state index contributed by atoms with van der Waals surface area (Å²) in [6.07, 6.45) is 5.38. The van der Waals surface area contributed by atoms with Crippen molar-refractivity contribution in [1.82, 2.24) is 20.2 Å². The maximum atomic E-state index is 14.6. The quantitative estimate of drug-likeness (QED) is 0.403. The molecule has 2 spiro atoms. The molecule has 4 atom stereocenters. The Bertz CT molecular complexity index is 1620. The van der Waals surface area contributed by atoms with Crippen molar-refractivity contribution < 1.29 is 13.9 Å². The lowest BCUT2D eigenvalue weighted by atomic mass is 9.61. The van der Waals surface area contributed by atoms with Crippen molar-refractivity contribution >= 4 is 45.2 Å². The Balaban J connectivity index is 1.30. The van der Waals surface area contributed by atoms with E-state index in [0.29, 0.717) is 60.7 Å². The van der Waals surface area contributed by atoms with Gasteiger partial charge in [-0.15, -0.1) is 11.3 Å². The monoisotopic (exact) mass is 654 g/mol. The molecule has 4 fully saturated rings. The topological polar surface area (TPSA) is 146 Å². The number of ether oxygens (including phenoxy) is 1. The van der Waals surface area contributed by atoms with Gasteiger partial charge in [0, 0.05) is 48.2 Å². The average Bonchev–Trinajstić information content (AvgIpc) is 3.52. The van der Waals surface area contributed by atoms with Gasteiger partial charge in [-0.2, -0.15) is 10.2 Å². The third-order valence-corrected chi connectivity index (χ3v) is 12.0. The number of likely N-dealkylation sites (N-methyl/N-ethyl adjacent to an activating group) is 1. The molecule has 2 saturated heterocycles. The van der Waals surface area contributed by atoms with Gasteiger partial charge in [-0.3, -0.25) is 9.69 Å². The Hall–Kier alpha value is -2.98. The number of nitrogens with two attached hydrogens (primary N) is 2. The number of nitriles is 1. The van der Waals surface area contributed by atoms with Gasteiger partial charge in [-0.25, -0.2) is 9.37 Å². The molecule has 2 aromatic rings. The van der Waals surface area contributed by atoms with Crippen molar-refractivity contribution in [3.8, 4) is 11.9 Å². The molecule has 5 N–H and O–H groups in total. The summed E-state index contributed by atoms with van der Waals surface area (Å²) in [5.74, 6) is 0.837. The number of halogens is 2. The maximum absolute atomic E-state index is 14.6. The summed E-state index contributed by atoms with van der Waals surface area (Å²) in [5.41, 5.74) is 14.3. The van der Waals surface area contributed by atoms with Gasteiger partial charge in [0.25, 0.3) is 0 Å². The third-order valence-electron chi connectivity index (χ3n) is 10.6.